The Morgan fingerprint density at radius 3 is 2.57 bits per heavy atom. The highest BCUT2D eigenvalue weighted by Crippen LogP contribution is 2.35. The van der Waals surface area contributed by atoms with Crippen LogP contribution in [0, 0.1) is 5.92 Å². The quantitative estimate of drug-likeness (QED) is 0.502. The molecule has 28 heavy (non-hydrogen) atoms. The maximum atomic E-state index is 12.0. The molecule has 2 atom stereocenters. The van der Waals surface area contributed by atoms with Gasteiger partial charge in [0.15, 0.2) is 0 Å². The van der Waals surface area contributed by atoms with E-state index < -0.39 is 23.8 Å². The highest BCUT2D eigenvalue weighted by Gasteiger charge is 2.34. The van der Waals surface area contributed by atoms with Crippen molar-refractivity contribution >= 4 is 23.8 Å². The van der Waals surface area contributed by atoms with Crippen LogP contribution in [0.15, 0.2) is 24.5 Å². The molecule has 1 unspecified atom stereocenters. The average molecular weight is 389 g/mol. The van der Waals surface area contributed by atoms with E-state index in [-0.39, 0.29) is 44.2 Å². The highest BCUT2D eigenvalue weighted by molar-refractivity contribution is 6.01. The number of nitrogens with zero attached hydrogens (tertiary/aromatic N) is 3. The lowest BCUT2D eigenvalue weighted by Gasteiger charge is -2.25. The van der Waals surface area contributed by atoms with Crippen molar-refractivity contribution in [3.8, 4) is 0 Å². The van der Waals surface area contributed by atoms with Gasteiger partial charge in [0.25, 0.3) is 11.8 Å². The van der Waals surface area contributed by atoms with Gasteiger partial charge in [-0.3, -0.25) is 24.3 Å². The molecule has 1 aromatic heterocycles. The first kappa shape index (κ1) is 19.9. The number of amides is 2. The van der Waals surface area contributed by atoms with Gasteiger partial charge in [0.1, 0.15) is 0 Å². The number of hydrogen-bond donors (Lipinski definition) is 0. The summed E-state index contributed by atoms with van der Waals surface area (Å²) in [4.78, 5) is 57.6. The Labute approximate surface area is 162 Å². The molecule has 2 aliphatic heterocycles. The van der Waals surface area contributed by atoms with Gasteiger partial charge < -0.3 is 9.57 Å². The van der Waals surface area contributed by atoms with Crippen molar-refractivity contribution in [2.75, 3.05) is 20.2 Å². The number of aromatic nitrogens is 1. The van der Waals surface area contributed by atoms with Crippen LogP contribution in [-0.4, -0.2) is 58.9 Å². The minimum absolute atomic E-state index is 0.0299. The monoisotopic (exact) mass is 389 g/mol. The molecule has 0 aliphatic carbocycles. The number of hydrogen-bond acceptors (Lipinski definition) is 8. The maximum absolute atomic E-state index is 12.0. The molecule has 2 amide bonds. The van der Waals surface area contributed by atoms with Crippen molar-refractivity contribution in [1.29, 1.82) is 0 Å². The Balaban J connectivity index is 1.43. The third-order valence-electron chi connectivity index (χ3n) is 4.99. The van der Waals surface area contributed by atoms with Crippen LogP contribution in [0.3, 0.4) is 0 Å². The summed E-state index contributed by atoms with van der Waals surface area (Å²) in [6.45, 7) is 1.15. The van der Waals surface area contributed by atoms with Crippen molar-refractivity contribution in [1.82, 2.24) is 14.9 Å². The Morgan fingerprint density at radius 2 is 1.89 bits per heavy atom. The second kappa shape index (κ2) is 8.92. The molecule has 9 heteroatoms. The smallest absolute Gasteiger partial charge is 0.333 e. The number of carbonyl (C=O) groups excluding carboxylic acids is 4. The minimum atomic E-state index is -0.811. The summed E-state index contributed by atoms with van der Waals surface area (Å²) in [5, 5.41) is 0.473. The first-order valence-corrected chi connectivity index (χ1v) is 9.28. The molecule has 0 radical (unpaired) electrons. The SMILES string of the molecule is CN1CC[C@@H](COC(=O)CCC(=O)ON2C(=O)CCC2=O)C1c1cccnc1. The van der Waals surface area contributed by atoms with Gasteiger partial charge in [-0.15, -0.1) is 5.06 Å². The molecular formula is C19H23N3O6. The largest absolute Gasteiger partial charge is 0.465 e. The van der Waals surface area contributed by atoms with Crippen molar-refractivity contribution in [2.45, 2.75) is 38.1 Å². The van der Waals surface area contributed by atoms with Gasteiger partial charge in [-0.25, -0.2) is 4.79 Å². The summed E-state index contributed by atoms with van der Waals surface area (Å²) in [5.74, 6) is -2.28. The minimum Gasteiger partial charge on any atom is -0.465 e. The van der Waals surface area contributed by atoms with Crippen molar-refractivity contribution < 1.29 is 28.8 Å². The lowest BCUT2D eigenvalue weighted by molar-refractivity contribution is -0.197. The van der Waals surface area contributed by atoms with E-state index >= 15 is 0 Å². The van der Waals surface area contributed by atoms with Gasteiger partial charge in [-0.2, -0.15) is 0 Å². The average Bonchev–Trinajstić information content (AvgIpc) is 3.22. The highest BCUT2D eigenvalue weighted by atomic mass is 16.7. The number of likely N-dealkylation sites (tertiary alicyclic amines) is 1. The number of pyridine rings is 1. The van der Waals surface area contributed by atoms with E-state index in [0.717, 1.165) is 18.5 Å². The lowest BCUT2D eigenvalue weighted by Crippen LogP contribution is -2.32. The van der Waals surface area contributed by atoms with Crippen LogP contribution < -0.4 is 0 Å². The maximum Gasteiger partial charge on any atom is 0.333 e. The third kappa shape index (κ3) is 4.72. The molecular weight excluding hydrogens is 366 g/mol. The molecule has 2 saturated heterocycles. The summed E-state index contributed by atoms with van der Waals surface area (Å²) < 4.78 is 5.35. The summed E-state index contributed by atoms with van der Waals surface area (Å²) in [5.41, 5.74) is 1.08. The third-order valence-corrected chi connectivity index (χ3v) is 4.99. The number of imide groups is 1. The topological polar surface area (TPSA) is 106 Å². The zero-order valence-electron chi connectivity index (χ0n) is 15.7. The van der Waals surface area contributed by atoms with Crippen LogP contribution in [0.4, 0.5) is 0 Å². The van der Waals surface area contributed by atoms with E-state index in [1.54, 1.807) is 6.20 Å². The molecule has 150 valence electrons. The zero-order chi connectivity index (χ0) is 20.1. The molecule has 2 aliphatic rings. The van der Waals surface area contributed by atoms with Crippen LogP contribution in [0.25, 0.3) is 0 Å². The predicted octanol–water partition coefficient (Wildman–Crippen LogP) is 1.00. The molecule has 0 bridgehead atoms. The van der Waals surface area contributed by atoms with Gasteiger partial charge >= 0.3 is 11.9 Å². The number of hydroxylamine groups is 2. The molecule has 3 rings (SSSR count). The molecule has 9 nitrogen and oxygen atoms in total. The van der Waals surface area contributed by atoms with Crippen molar-refractivity contribution in [3.63, 3.8) is 0 Å². The van der Waals surface area contributed by atoms with Crippen molar-refractivity contribution in [3.05, 3.63) is 30.1 Å². The van der Waals surface area contributed by atoms with Crippen LogP contribution in [0.2, 0.25) is 0 Å². The summed E-state index contributed by atoms with van der Waals surface area (Å²) in [6, 6.07) is 4.01. The van der Waals surface area contributed by atoms with Gasteiger partial charge in [0.2, 0.25) is 0 Å². The number of ether oxygens (including phenoxy) is 1. The molecule has 0 aromatic carbocycles. The fraction of sp³-hybridized carbons (Fsp3) is 0.526. The molecule has 0 saturated carbocycles. The Morgan fingerprint density at radius 1 is 1.18 bits per heavy atom. The van der Waals surface area contributed by atoms with E-state index in [4.69, 9.17) is 9.57 Å². The molecule has 2 fully saturated rings. The molecule has 0 spiro atoms. The van der Waals surface area contributed by atoms with E-state index in [1.165, 1.54) is 0 Å². The lowest BCUT2D eigenvalue weighted by atomic mass is 9.96. The van der Waals surface area contributed by atoms with Crippen LogP contribution >= 0.6 is 0 Å². The molecule has 3 heterocycles. The second-order valence-corrected chi connectivity index (χ2v) is 6.99. The Kier molecular flexibility index (Phi) is 6.35. The van der Waals surface area contributed by atoms with E-state index in [9.17, 15) is 19.2 Å². The molecule has 1 aromatic rings. The Hall–Kier alpha value is -2.81. The first-order valence-electron chi connectivity index (χ1n) is 9.28. The normalized spacial score (nSPS) is 22.5. The fourth-order valence-corrected chi connectivity index (χ4v) is 3.56. The summed E-state index contributed by atoms with van der Waals surface area (Å²) in [6.07, 6.45) is 4.06. The molecule has 0 N–H and O–H groups in total. The van der Waals surface area contributed by atoms with Gasteiger partial charge in [-0.1, -0.05) is 6.07 Å². The first-order chi connectivity index (χ1) is 13.5. The van der Waals surface area contributed by atoms with Gasteiger partial charge in [0, 0.05) is 37.2 Å². The van der Waals surface area contributed by atoms with Crippen molar-refractivity contribution in [2.24, 2.45) is 5.92 Å². The standard InChI is InChI=1S/C19H23N3O6/c1-21-10-8-14(19(21)13-3-2-9-20-11-13)12-27-17(25)6-7-18(26)28-22-15(23)4-5-16(22)24/h2-3,9,11,14,19H,4-8,10,12H2,1H3/t14-,19?/m0/s1. The predicted molar refractivity (Wildman–Crippen MR) is 95.1 cm³/mol. The summed E-state index contributed by atoms with van der Waals surface area (Å²) in [7, 11) is 2.02. The van der Waals surface area contributed by atoms with Crippen LogP contribution in [0.1, 0.15) is 43.7 Å². The number of rotatable bonds is 7. The van der Waals surface area contributed by atoms with Crippen LogP contribution in [0.5, 0.6) is 0 Å². The van der Waals surface area contributed by atoms with E-state index in [2.05, 4.69) is 9.88 Å². The van der Waals surface area contributed by atoms with Crippen LogP contribution in [-0.2, 0) is 28.8 Å². The van der Waals surface area contributed by atoms with Gasteiger partial charge in [-0.05, 0) is 31.6 Å². The zero-order valence-corrected chi connectivity index (χ0v) is 15.7. The Bertz CT molecular complexity index is 737. The summed E-state index contributed by atoms with van der Waals surface area (Å²) >= 11 is 0. The van der Waals surface area contributed by atoms with Gasteiger partial charge in [0.05, 0.1) is 19.4 Å². The van der Waals surface area contributed by atoms with E-state index in [1.807, 2.05) is 25.4 Å². The van der Waals surface area contributed by atoms with E-state index in [0.29, 0.717) is 5.06 Å². The fourth-order valence-electron chi connectivity index (χ4n) is 3.56. The number of carbonyl (C=O) groups is 4. The number of esters is 1. The second-order valence-electron chi connectivity index (χ2n) is 6.99.